The molecule has 19 heavy (non-hydrogen) atoms. The number of carbonyl (C=O) groups is 1. The Balaban J connectivity index is 1.85. The van der Waals surface area contributed by atoms with E-state index in [0.29, 0.717) is 18.7 Å². The summed E-state index contributed by atoms with van der Waals surface area (Å²) in [4.78, 5) is 12.7. The third-order valence-corrected chi connectivity index (χ3v) is 5.09. The molecule has 2 heterocycles. The van der Waals surface area contributed by atoms with Crippen LogP contribution in [0.3, 0.4) is 0 Å². The first-order chi connectivity index (χ1) is 9.02. The van der Waals surface area contributed by atoms with E-state index in [2.05, 4.69) is 29.4 Å². The Bertz CT molecular complexity index is 576. The summed E-state index contributed by atoms with van der Waals surface area (Å²) in [5.41, 5.74) is 3.52. The van der Waals surface area contributed by atoms with Gasteiger partial charge in [-0.3, -0.25) is 4.79 Å². The zero-order chi connectivity index (χ0) is 13.3. The summed E-state index contributed by atoms with van der Waals surface area (Å²) in [6, 6.07) is 0. The van der Waals surface area contributed by atoms with E-state index in [-0.39, 0.29) is 10.8 Å². The molecule has 1 fully saturated rings. The summed E-state index contributed by atoms with van der Waals surface area (Å²) in [5, 5.41) is 11.8. The van der Waals surface area contributed by atoms with Gasteiger partial charge in [0.15, 0.2) is 11.6 Å². The number of Topliss-reactive ketones (excluding diaryl/α,β-unsaturated/α-hetero) is 1. The molecular formula is C15H19N3O. The first kappa shape index (κ1) is 11.4. The topological polar surface area (TPSA) is 53.8 Å². The molecule has 0 radical (unpaired) electrons. The molecule has 4 nitrogen and oxygen atoms in total. The number of hydrogen-bond donors (Lipinski definition) is 1. The van der Waals surface area contributed by atoms with Crippen LogP contribution in [0.1, 0.15) is 46.0 Å². The smallest absolute Gasteiger partial charge is 0.162 e. The first-order valence-corrected chi connectivity index (χ1v) is 7.17. The van der Waals surface area contributed by atoms with E-state index in [1.165, 1.54) is 12.0 Å². The van der Waals surface area contributed by atoms with Crippen molar-refractivity contribution in [1.82, 2.24) is 5.32 Å². The molecule has 0 aromatic rings. The molecule has 2 aliphatic heterocycles. The summed E-state index contributed by atoms with van der Waals surface area (Å²) >= 11 is 0. The van der Waals surface area contributed by atoms with E-state index in [0.717, 1.165) is 36.4 Å². The predicted molar refractivity (Wildman–Crippen MR) is 71.2 cm³/mol. The fraction of sp³-hybridized carbons (Fsp3) is 0.667. The van der Waals surface area contributed by atoms with Crippen molar-refractivity contribution in [3.8, 4) is 0 Å². The van der Waals surface area contributed by atoms with Crippen LogP contribution in [0.25, 0.3) is 0 Å². The van der Waals surface area contributed by atoms with Gasteiger partial charge in [-0.05, 0) is 24.7 Å². The molecule has 0 aromatic carbocycles. The van der Waals surface area contributed by atoms with E-state index in [1.807, 2.05) is 0 Å². The highest BCUT2D eigenvalue weighted by Gasteiger charge is 2.53. The van der Waals surface area contributed by atoms with E-state index < -0.39 is 0 Å². The molecule has 4 heteroatoms. The highest BCUT2D eigenvalue weighted by Crippen LogP contribution is 2.59. The fourth-order valence-electron chi connectivity index (χ4n) is 4.15. The van der Waals surface area contributed by atoms with Gasteiger partial charge < -0.3 is 5.32 Å². The van der Waals surface area contributed by atoms with Gasteiger partial charge in [-0.2, -0.15) is 5.11 Å². The minimum Gasteiger partial charge on any atom is -0.342 e. The lowest BCUT2D eigenvalue weighted by Gasteiger charge is -2.50. The molecule has 4 aliphatic rings. The lowest BCUT2D eigenvalue weighted by atomic mass is 9.54. The van der Waals surface area contributed by atoms with Crippen molar-refractivity contribution in [3.05, 3.63) is 22.7 Å². The van der Waals surface area contributed by atoms with Crippen LogP contribution >= 0.6 is 0 Å². The summed E-state index contributed by atoms with van der Waals surface area (Å²) in [6.07, 6.45) is 5.03. The largest absolute Gasteiger partial charge is 0.342 e. The van der Waals surface area contributed by atoms with Gasteiger partial charge in [0.2, 0.25) is 0 Å². The second kappa shape index (κ2) is 3.35. The molecule has 100 valence electrons. The number of dihydropyridines is 1. The maximum Gasteiger partial charge on any atom is 0.162 e. The van der Waals surface area contributed by atoms with Crippen molar-refractivity contribution in [3.63, 3.8) is 0 Å². The summed E-state index contributed by atoms with van der Waals surface area (Å²) < 4.78 is 0. The molecule has 0 aromatic heterocycles. The van der Waals surface area contributed by atoms with Gasteiger partial charge in [-0.25, -0.2) is 0 Å². The lowest BCUT2D eigenvalue weighted by molar-refractivity contribution is -0.119. The average molecular weight is 257 g/mol. The first-order valence-electron chi connectivity index (χ1n) is 7.17. The molecule has 4 rings (SSSR count). The monoisotopic (exact) mass is 257 g/mol. The van der Waals surface area contributed by atoms with Crippen LogP contribution in [0.2, 0.25) is 0 Å². The van der Waals surface area contributed by atoms with Gasteiger partial charge in [0.1, 0.15) is 0 Å². The number of allylic oxidation sites excluding steroid dienone is 2. The zero-order valence-corrected chi connectivity index (χ0v) is 11.5. The van der Waals surface area contributed by atoms with E-state index >= 15 is 0 Å². The Hall–Kier alpha value is -1.45. The third-order valence-electron chi connectivity index (χ3n) is 5.09. The normalized spacial score (nSPS) is 30.1. The minimum atomic E-state index is -0.00694. The number of fused-ring (bicyclic) bond motifs is 2. The standard InChI is InChI=1S/C15H19N3O/c1-14(2)6-10-12(11(19)7-14)15(4-3-5-15)9-8-16-18-13(9)17-10/h17H,3-8H2,1-2H3. The van der Waals surface area contributed by atoms with Gasteiger partial charge in [0, 0.05) is 28.7 Å². The minimum absolute atomic E-state index is 0.00694. The van der Waals surface area contributed by atoms with Crippen LogP contribution in [0.15, 0.2) is 32.9 Å². The summed E-state index contributed by atoms with van der Waals surface area (Å²) in [7, 11) is 0. The van der Waals surface area contributed by atoms with Crippen LogP contribution in [-0.4, -0.2) is 12.3 Å². The Morgan fingerprint density at radius 2 is 2.00 bits per heavy atom. The van der Waals surface area contributed by atoms with Crippen molar-refractivity contribution in [2.45, 2.75) is 46.0 Å². The molecule has 0 atom stereocenters. The summed E-state index contributed by atoms with van der Waals surface area (Å²) in [5.74, 6) is 1.28. The van der Waals surface area contributed by atoms with Crippen LogP contribution in [0, 0.1) is 10.8 Å². The number of ketones is 1. The lowest BCUT2D eigenvalue weighted by Crippen LogP contribution is -2.47. The van der Waals surface area contributed by atoms with Crippen molar-refractivity contribution < 1.29 is 4.79 Å². The molecule has 1 N–H and O–H groups in total. The Morgan fingerprint density at radius 1 is 1.21 bits per heavy atom. The van der Waals surface area contributed by atoms with E-state index in [4.69, 9.17) is 0 Å². The molecule has 0 amide bonds. The maximum atomic E-state index is 12.7. The molecule has 0 bridgehead atoms. The molecule has 2 aliphatic carbocycles. The van der Waals surface area contributed by atoms with Gasteiger partial charge in [0.05, 0.1) is 6.54 Å². The Labute approximate surface area is 113 Å². The number of nitrogens with zero attached hydrogens (tertiary/aromatic N) is 2. The number of rotatable bonds is 0. The third kappa shape index (κ3) is 1.37. The van der Waals surface area contributed by atoms with Crippen LogP contribution in [-0.2, 0) is 4.79 Å². The van der Waals surface area contributed by atoms with Crippen molar-refractivity contribution >= 4 is 5.78 Å². The Morgan fingerprint density at radius 3 is 2.68 bits per heavy atom. The van der Waals surface area contributed by atoms with Crippen molar-refractivity contribution in [2.24, 2.45) is 21.1 Å². The number of azo groups is 1. The molecule has 1 spiro atoms. The SMILES string of the molecule is CC1(C)CC(=O)C2=C(C1)NC1=C(CN=N1)C21CCC1. The number of hydrogen-bond acceptors (Lipinski definition) is 4. The summed E-state index contributed by atoms with van der Waals surface area (Å²) in [6.45, 7) is 5.02. The highest BCUT2D eigenvalue weighted by molar-refractivity contribution is 6.00. The van der Waals surface area contributed by atoms with Crippen LogP contribution in [0.4, 0.5) is 0 Å². The maximum absolute atomic E-state index is 12.7. The van der Waals surface area contributed by atoms with Crippen LogP contribution < -0.4 is 5.32 Å². The van der Waals surface area contributed by atoms with Gasteiger partial charge in [0.25, 0.3) is 0 Å². The van der Waals surface area contributed by atoms with Gasteiger partial charge in [-0.15, -0.1) is 5.11 Å². The average Bonchev–Trinajstić information content (AvgIpc) is 2.69. The quantitative estimate of drug-likeness (QED) is 0.725. The van der Waals surface area contributed by atoms with E-state index in [9.17, 15) is 4.79 Å². The Kier molecular flexibility index (Phi) is 2.01. The number of carbonyl (C=O) groups excluding carboxylic acids is 1. The van der Waals surface area contributed by atoms with Gasteiger partial charge in [-0.1, -0.05) is 20.3 Å². The fourth-order valence-corrected chi connectivity index (χ4v) is 4.15. The molecule has 0 saturated heterocycles. The predicted octanol–water partition coefficient (Wildman–Crippen LogP) is 3.08. The van der Waals surface area contributed by atoms with Crippen LogP contribution in [0.5, 0.6) is 0 Å². The van der Waals surface area contributed by atoms with Crippen molar-refractivity contribution in [2.75, 3.05) is 6.54 Å². The zero-order valence-electron chi connectivity index (χ0n) is 11.5. The molecular weight excluding hydrogens is 238 g/mol. The highest BCUT2D eigenvalue weighted by atomic mass is 16.1. The molecule has 1 saturated carbocycles. The number of nitrogens with one attached hydrogen (secondary N) is 1. The second-order valence-corrected chi connectivity index (χ2v) is 7.08. The second-order valence-electron chi connectivity index (χ2n) is 7.08. The van der Waals surface area contributed by atoms with E-state index in [1.54, 1.807) is 0 Å². The van der Waals surface area contributed by atoms with Crippen molar-refractivity contribution in [1.29, 1.82) is 0 Å². The van der Waals surface area contributed by atoms with Gasteiger partial charge >= 0.3 is 0 Å². The molecule has 0 unspecified atom stereocenters.